The Bertz CT molecular complexity index is 2400. The molecule has 0 aliphatic rings. The molecule has 0 bridgehead atoms. The predicted octanol–water partition coefficient (Wildman–Crippen LogP) is 9.68. The average molecular weight is 819 g/mol. The summed E-state index contributed by atoms with van der Waals surface area (Å²) >= 11 is 0. The van der Waals surface area contributed by atoms with Crippen LogP contribution in [0.3, 0.4) is 0 Å². The number of carbonyl (C=O) groups is 4. The lowest BCUT2D eigenvalue weighted by atomic mass is 10.0. The fourth-order valence-electron chi connectivity index (χ4n) is 6.46. The number of nitrogens with zero attached hydrogens (tertiary/aromatic N) is 2. The van der Waals surface area contributed by atoms with Crippen molar-refractivity contribution in [3.05, 3.63) is 119 Å². The van der Waals surface area contributed by atoms with E-state index < -0.39 is 11.9 Å². The number of hydrogen-bond donors (Lipinski definition) is 2. The number of nitrogens with one attached hydrogen (secondary N) is 2. The van der Waals surface area contributed by atoms with Gasteiger partial charge in [-0.2, -0.15) is 0 Å². The van der Waals surface area contributed by atoms with E-state index in [4.69, 9.17) is 18.9 Å². The fraction of sp³-hybridized carbons (Fsp3) is 0.261. The predicted molar refractivity (Wildman–Crippen MR) is 224 cm³/mol. The number of pyridine rings is 2. The van der Waals surface area contributed by atoms with Crippen LogP contribution in [-0.2, 0) is 19.1 Å². The first-order valence-corrected chi connectivity index (χ1v) is 19.5. The molecule has 0 unspecified atom stereocenters. The maximum Gasteiger partial charge on any atom is 0.306 e. The highest BCUT2D eigenvalue weighted by molar-refractivity contribution is 6.11. The maximum absolute atomic E-state index is 13.8. The van der Waals surface area contributed by atoms with Crippen LogP contribution >= 0.6 is 0 Å². The van der Waals surface area contributed by atoms with Crippen molar-refractivity contribution in [2.75, 3.05) is 37.1 Å². The lowest BCUT2D eigenvalue weighted by molar-refractivity contribution is -0.151. The Kier molecular flexibility index (Phi) is 14.0. The SMILES string of the molecule is CCC(=O)c1cnc2c(OCCOC(=O)CCC(=O)OCCOc3cccc4c(Nc5ccc(F)cc5C)c(C(=O)CC)cnc34)cccc2c1Nc1ccc(F)cc1C. The number of ketones is 2. The third kappa shape index (κ3) is 10.2. The van der Waals surface area contributed by atoms with Crippen LogP contribution in [0.1, 0.15) is 71.4 Å². The summed E-state index contributed by atoms with van der Waals surface area (Å²) in [6, 6.07) is 19.2. The normalized spacial score (nSPS) is 11.0. The molecular formula is C46H44F2N4O8. The topological polar surface area (TPSA) is 155 Å². The molecule has 4 aromatic carbocycles. The second-order valence-corrected chi connectivity index (χ2v) is 13.8. The first-order valence-electron chi connectivity index (χ1n) is 19.5. The van der Waals surface area contributed by atoms with Crippen LogP contribution in [0.5, 0.6) is 11.5 Å². The van der Waals surface area contributed by atoms with E-state index in [1.165, 1.54) is 36.7 Å². The largest absolute Gasteiger partial charge is 0.488 e. The molecule has 2 aromatic heterocycles. The molecule has 2 heterocycles. The number of fused-ring (bicyclic) bond motifs is 2. The monoisotopic (exact) mass is 818 g/mol. The molecule has 0 radical (unpaired) electrons. The molecule has 14 heteroatoms. The van der Waals surface area contributed by atoms with Crippen LogP contribution in [0.4, 0.5) is 31.5 Å². The Morgan fingerprint density at radius 1 is 0.583 bits per heavy atom. The molecule has 6 rings (SSSR count). The molecule has 310 valence electrons. The standard InChI is InChI=1S/C46H44F2N4O8/c1-5-37(53)33-25-49-45-31(43(33)51-35-15-13-29(47)23-27(35)3)9-7-11-39(45)57-19-21-59-41(55)17-18-42(56)60-22-20-58-40-12-8-10-32-44(34(38(54)6-2)26-50-46(32)40)52-36-16-14-30(48)24-28(36)4/h7-16,23-26H,5-6,17-22H2,1-4H3,(H,49,51)(H,50,52). The highest BCUT2D eigenvalue weighted by atomic mass is 19.1. The van der Waals surface area contributed by atoms with Crippen molar-refractivity contribution >= 4 is 68.1 Å². The molecule has 0 fully saturated rings. The van der Waals surface area contributed by atoms with Gasteiger partial charge in [-0.15, -0.1) is 0 Å². The lowest BCUT2D eigenvalue weighted by Gasteiger charge is -2.17. The lowest BCUT2D eigenvalue weighted by Crippen LogP contribution is -2.16. The number of anilines is 4. The van der Waals surface area contributed by atoms with Crippen LogP contribution in [0.2, 0.25) is 0 Å². The first-order chi connectivity index (χ1) is 29.0. The number of ether oxygens (including phenoxy) is 4. The second kappa shape index (κ2) is 19.7. The van der Waals surface area contributed by atoms with Crippen LogP contribution < -0.4 is 20.1 Å². The van der Waals surface area contributed by atoms with Gasteiger partial charge in [-0.1, -0.05) is 38.1 Å². The molecule has 2 N–H and O–H groups in total. The van der Waals surface area contributed by atoms with Gasteiger partial charge in [0.2, 0.25) is 0 Å². The third-order valence-corrected chi connectivity index (χ3v) is 9.60. The van der Waals surface area contributed by atoms with E-state index in [0.717, 1.165) is 0 Å². The zero-order chi connectivity index (χ0) is 42.8. The van der Waals surface area contributed by atoms with Crippen molar-refractivity contribution < 1.29 is 46.9 Å². The molecule has 0 saturated carbocycles. The Hall–Kier alpha value is -6.96. The molecule has 0 atom stereocenters. The van der Waals surface area contributed by atoms with Crippen LogP contribution in [0.25, 0.3) is 21.8 Å². The van der Waals surface area contributed by atoms with E-state index in [0.29, 0.717) is 78.3 Å². The summed E-state index contributed by atoms with van der Waals surface area (Å²) < 4.78 is 50.0. The average Bonchev–Trinajstić information content (AvgIpc) is 3.24. The van der Waals surface area contributed by atoms with Gasteiger partial charge < -0.3 is 29.6 Å². The third-order valence-electron chi connectivity index (χ3n) is 9.60. The van der Waals surface area contributed by atoms with E-state index >= 15 is 0 Å². The molecule has 60 heavy (non-hydrogen) atoms. The van der Waals surface area contributed by atoms with E-state index in [2.05, 4.69) is 20.6 Å². The highest BCUT2D eigenvalue weighted by Crippen LogP contribution is 2.37. The number of hydrogen-bond acceptors (Lipinski definition) is 12. The molecule has 0 aliphatic heterocycles. The maximum atomic E-state index is 13.8. The van der Waals surface area contributed by atoms with Gasteiger partial charge in [0.15, 0.2) is 11.6 Å². The molecule has 12 nitrogen and oxygen atoms in total. The number of carbonyl (C=O) groups excluding carboxylic acids is 4. The van der Waals surface area contributed by atoms with Crippen molar-refractivity contribution in [2.24, 2.45) is 0 Å². The summed E-state index contributed by atoms with van der Waals surface area (Å²) in [5, 5.41) is 7.80. The van der Waals surface area contributed by atoms with Gasteiger partial charge in [-0.3, -0.25) is 29.1 Å². The van der Waals surface area contributed by atoms with Crippen molar-refractivity contribution in [2.45, 2.75) is 53.4 Å². The summed E-state index contributed by atoms with van der Waals surface area (Å²) in [4.78, 5) is 59.6. The van der Waals surface area contributed by atoms with Gasteiger partial charge in [-0.25, -0.2) is 8.78 Å². The number of benzene rings is 4. The molecule has 0 aliphatic carbocycles. The van der Waals surface area contributed by atoms with E-state index in [1.54, 1.807) is 76.2 Å². The molecule has 6 aromatic rings. The van der Waals surface area contributed by atoms with Gasteiger partial charge >= 0.3 is 11.9 Å². The molecule has 0 saturated heterocycles. The van der Waals surface area contributed by atoms with E-state index in [1.807, 2.05) is 0 Å². The van der Waals surface area contributed by atoms with Gasteiger partial charge in [-0.05, 0) is 73.5 Å². The zero-order valence-corrected chi connectivity index (χ0v) is 33.7. The second-order valence-electron chi connectivity index (χ2n) is 13.8. The van der Waals surface area contributed by atoms with Crippen LogP contribution in [-0.4, -0.2) is 59.9 Å². The van der Waals surface area contributed by atoms with Crippen LogP contribution in [0, 0.1) is 25.5 Å². The van der Waals surface area contributed by atoms with Gasteiger partial charge in [0.25, 0.3) is 0 Å². The minimum Gasteiger partial charge on any atom is -0.488 e. The Morgan fingerprint density at radius 2 is 1.00 bits per heavy atom. The van der Waals surface area contributed by atoms with Crippen molar-refractivity contribution in [1.82, 2.24) is 9.97 Å². The Balaban J connectivity index is 0.985. The Labute approximate surface area is 345 Å². The first kappa shape index (κ1) is 42.6. The number of aryl methyl sites for hydroxylation is 2. The summed E-state index contributed by atoms with van der Waals surface area (Å²) in [5.41, 5.74) is 5.33. The van der Waals surface area contributed by atoms with Crippen LogP contribution in [0.15, 0.2) is 85.2 Å². The molecule has 0 amide bonds. The van der Waals surface area contributed by atoms with Crippen molar-refractivity contribution in [3.63, 3.8) is 0 Å². The number of esters is 2. The Morgan fingerprint density at radius 3 is 1.38 bits per heavy atom. The smallest absolute Gasteiger partial charge is 0.306 e. The molecule has 0 spiro atoms. The van der Waals surface area contributed by atoms with E-state index in [-0.39, 0.29) is 75.3 Å². The summed E-state index contributed by atoms with van der Waals surface area (Å²) in [7, 11) is 0. The zero-order valence-electron chi connectivity index (χ0n) is 33.7. The number of Topliss-reactive ketones (excluding diaryl/α,β-unsaturated/α-hetero) is 2. The highest BCUT2D eigenvalue weighted by Gasteiger charge is 2.20. The van der Waals surface area contributed by atoms with Gasteiger partial charge in [0, 0.05) is 47.4 Å². The quantitative estimate of drug-likeness (QED) is 0.0454. The summed E-state index contributed by atoms with van der Waals surface area (Å²) in [5.74, 6) is -1.42. The number of rotatable bonds is 19. The minimum atomic E-state index is -0.616. The number of halogens is 2. The van der Waals surface area contributed by atoms with Gasteiger partial charge in [0.05, 0.1) is 35.3 Å². The summed E-state index contributed by atoms with van der Waals surface area (Å²) in [6.07, 6.45) is 3.05. The van der Waals surface area contributed by atoms with Crippen molar-refractivity contribution in [3.8, 4) is 11.5 Å². The number of aromatic nitrogens is 2. The van der Waals surface area contributed by atoms with E-state index in [9.17, 15) is 28.0 Å². The summed E-state index contributed by atoms with van der Waals surface area (Å²) in [6.45, 7) is 6.83. The molecular weight excluding hydrogens is 775 g/mol. The minimum absolute atomic E-state index is 0.00746. The number of para-hydroxylation sites is 2. The van der Waals surface area contributed by atoms with Crippen molar-refractivity contribution in [1.29, 1.82) is 0 Å². The van der Waals surface area contributed by atoms with Gasteiger partial charge in [0.1, 0.15) is 60.6 Å². The fourth-order valence-corrected chi connectivity index (χ4v) is 6.46.